The van der Waals surface area contributed by atoms with E-state index in [4.69, 9.17) is 5.26 Å². The van der Waals surface area contributed by atoms with Crippen molar-refractivity contribution in [3.05, 3.63) is 0 Å². The Balaban J connectivity index is 0. The molecule has 0 rings (SSSR count). The predicted octanol–water partition coefficient (Wildman–Crippen LogP) is 0.595. The average Bonchev–Trinajstić information content (AvgIpc) is 1.89. The third-order valence-electron chi connectivity index (χ3n) is 0.984. The molecule has 0 N–H and O–H groups in total. The monoisotopic (exact) mass is 165 g/mol. The second kappa shape index (κ2) is 9.96. The summed E-state index contributed by atoms with van der Waals surface area (Å²) in [4.78, 5) is 10.5. The Bertz CT molecular complexity index is 142. The molecule has 4 heteroatoms. The molecule has 0 amide bonds. The van der Waals surface area contributed by atoms with Crippen LogP contribution in [0.1, 0.15) is 26.2 Å². The summed E-state index contributed by atoms with van der Waals surface area (Å²) in [5.41, 5.74) is 0. The van der Waals surface area contributed by atoms with E-state index in [2.05, 4.69) is 4.74 Å². The third kappa shape index (κ3) is 9.96. The number of nitriles is 1. The van der Waals surface area contributed by atoms with Crippen LogP contribution in [0.4, 0.5) is 0 Å². The molecule has 11 heavy (non-hydrogen) atoms. The number of hydrogen-bond acceptors (Lipinski definition) is 3. The first-order valence-electron chi connectivity index (χ1n) is 3.33. The van der Waals surface area contributed by atoms with Crippen LogP contribution in [0.2, 0.25) is 0 Å². The van der Waals surface area contributed by atoms with Crippen LogP contribution in [-0.4, -0.2) is 42.1 Å². The van der Waals surface area contributed by atoms with Crippen LogP contribution in [0.5, 0.6) is 0 Å². The molecule has 0 saturated heterocycles. The molecule has 0 aromatic heterocycles. The Kier molecular flexibility index (Phi) is 12.3. The van der Waals surface area contributed by atoms with Crippen molar-refractivity contribution in [2.75, 3.05) is 6.61 Å². The molecule has 0 atom stereocenters. The molecule has 0 aliphatic heterocycles. The molecular formula is C7H12NNaO2. The van der Waals surface area contributed by atoms with Crippen LogP contribution in [0.3, 0.4) is 0 Å². The molecule has 0 unspecified atom stereocenters. The van der Waals surface area contributed by atoms with Crippen molar-refractivity contribution in [3.8, 4) is 6.07 Å². The van der Waals surface area contributed by atoms with Gasteiger partial charge >= 0.3 is 35.5 Å². The summed E-state index contributed by atoms with van der Waals surface area (Å²) in [6.45, 7) is 2.45. The Hall–Kier alpha value is -0.0400. The second-order valence-corrected chi connectivity index (χ2v) is 1.91. The molecular weight excluding hydrogens is 153 g/mol. The number of ether oxygens (including phenoxy) is 1. The SMILES string of the molecule is CCCCOC(=O)CC#N.[NaH]. The Morgan fingerprint density at radius 1 is 1.64 bits per heavy atom. The number of unbranched alkanes of at least 4 members (excludes halogenated alkanes) is 1. The number of esters is 1. The van der Waals surface area contributed by atoms with E-state index >= 15 is 0 Å². The van der Waals surface area contributed by atoms with E-state index in [0.29, 0.717) is 6.61 Å². The van der Waals surface area contributed by atoms with E-state index in [1.807, 2.05) is 6.92 Å². The van der Waals surface area contributed by atoms with Gasteiger partial charge in [-0.25, -0.2) is 0 Å². The van der Waals surface area contributed by atoms with Crippen molar-refractivity contribution < 1.29 is 9.53 Å². The quantitative estimate of drug-likeness (QED) is 0.348. The van der Waals surface area contributed by atoms with Gasteiger partial charge in [0.1, 0.15) is 6.42 Å². The van der Waals surface area contributed by atoms with Crippen molar-refractivity contribution in [2.45, 2.75) is 26.2 Å². The maximum atomic E-state index is 10.5. The fourth-order valence-corrected chi connectivity index (χ4v) is 0.446. The summed E-state index contributed by atoms with van der Waals surface area (Å²) in [7, 11) is 0. The third-order valence-corrected chi connectivity index (χ3v) is 0.984. The first kappa shape index (κ1) is 13.5. The van der Waals surface area contributed by atoms with Gasteiger partial charge < -0.3 is 4.74 Å². The van der Waals surface area contributed by atoms with Gasteiger partial charge in [-0.15, -0.1) is 0 Å². The van der Waals surface area contributed by atoms with Gasteiger partial charge in [0.25, 0.3) is 0 Å². The van der Waals surface area contributed by atoms with Crippen LogP contribution in [-0.2, 0) is 9.53 Å². The normalized spacial score (nSPS) is 7.64. The van der Waals surface area contributed by atoms with Crippen molar-refractivity contribution in [1.82, 2.24) is 0 Å². The molecule has 0 aliphatic carbocycles. The molecule has 0 heterocycles. The minimum absolute atomic E-state index is 0. The van der Waals surface area contributed by atoms with E-state index in [1.54, 1.807) is 6.07 Å². The molecule has 0 saturated carbocycles. The average molecular weight is 165 g/mol. The van der Waals surface area contributed by atoms with Gasteiger partial charge in [-0.05, 0) is 6.42 Å². The van der Waals surface area contributed by atoms with Crippen molar-refractivity contribution in [2.24, 2.45) is 0 Å². The molecule has 0 aliphatic rings. The van der Waals surface area contributed by atoms with Gasteiger partial charge in [0.05, 0.1) is 12.7 Å². The summed E-state index contributed by atoms with van der Waals surface area (Å²) < 4.78 is 4.66. The molecule has 0 radical (unpaired) electrons. The summed E-state index contributed by atoms with van der Waals surface area (Å²) >= 11 is 0. The zero-order chi connectivity index (χ0) is 7.82. The molecule has 0 aromatic rings. The summed E-state index contributed by atoms with van der Waals surface area (Å²) in [5.74, 6) is -0.420. The van der Waals surface area contributed by atoms with Gasteiger partial charge in [0.15, 0.2) is 0 Å². The number of hydrogen-bond donors (Lipinski definition) is 0. The van der Waals surface area contributed by atoms with E-state index < -0.39 is 5.97 Å². The van der Waals surface area contributed by atoms with Crippen LogP contribution in [0.25, 0.3) is 0 Å². The fourth-order valence-electron chi connectivity index (χ4n) is 0.446. The number of carbonyl (C=O) groups is 1. The van der Waals surface area contributed by atoms with Gasteiger partial charge in [-0.1, -0.05) is 13.3 Å². The van der Waals surface area contributed by atoms with Crippen LogP contribution < -0.4 is 0 Å². The second-order valence-electron chi connectivity index (χ2n) is 1.91. The zero-order valence-electron chi connectivity index (χ0n) is 6.09. The van der Waals surface area contributed by atoms with Gasteiger partial charge in [-0.2, -0.15) is 5.26 Å². The summed E-state index contributed by atoms with van der Waals surface area (Å²) in [6.07, 6.45) is 1.74. The summed E-state index contributed by atoms with van der Waals surface area (Å²) in [6, 6.07) is 1.72. The topological polar surface area (TPSA) is 50.1 Å². The van der Waals surface area contributed by atoms with Crippen molar-refractivity contribution >= 4 is 35.5 Å². The number of nitrogens with zero attached hydrogens (tertiary/aromatic N) is 1. The molecule has 0 spiro atoms. The Morgan fingerprint density at radius 2 is 2.27 bits per heavy atom. The zero-order valence-corrected chi connectivity index (χ0v) is 6.09. The first-order chi connectivity index (χ1) is 4.81. The number of carbonyl (C=O) groups excluding carboxylic acids is 1. The maximum absolute atomic E-state index is 10.5. The van der Waals surface area contributed by atoms with Crippen LogP contribution in [0, 0.1) is 11.3 Å². The molecule has 58 valence electrons. The fraction of sp³-hybridized carbons (Fsp3) is 0.714. The van der Waals surface area contributed by atoms with Gasteiger partial charge in [-0.3, -0.25) is 4.79 Å². The molecule has 0 bridgehead atoms. The minimum atomic E-state index is -0.420. The van der Waals surface area contributed by atoms with E-state index in [0.717, 1.165) is 12.8 Å². The molecule has 0 fully saturated rings. The predicted molar refractivity (Wildman–Crippen MR) is 43.2 cm³/mol. The Labute approximate surface area is 89.0 Å². The van der Waals surface area contributed by atoms with Crippen LogP contribution >= 0.6 is 0 Å². The van der Waals surface area contributed by atoms with Gasteiger partial charge in [0.2, 0.25) is 0 Å². The van der Waals surface area contributed by atoms with E-state index in [9.17, 15) is 4.79 Å². The van der Waals surface area contributed by atoms with Crippen molar-refractivity contribution in [3.63, 3.8) is 0 Å². The van der Waals surface area contributed by atoms with E-state index in [1.165, 1.54) is 0 Å². The molecule has 0 aromatic carbocycles. The Morgan fingerprint density at radius 3 is 2.73 bits per heavy atom. The first-order valence-corrected chi connectivity index (χ1v) is 3.33. The van der Waals surface area contributed by atoms with E-state index in [-0.39, 0.29) is 36.0 Å². The van der Waals surface area contributed by atoms with Crippen LogP contribution in [0.15, 0.2) is 0 Å². The summed E-state index contributed by atoms with van der Waals surface area (Å²) in [5, 5.41) is 8.04. The van der Waals surface area contributed by atoms with Crippen molar-refractivity contribution in [1.29, 1.82) is 5.26 Å². The van der Waals surface area contributed by atoms with Gasteiger partial charge in [0, 0.05) is 0 Å². The molecule has 3 nitrogen and oxygen atoms in total. The standard InChI is InChI=1S/C7H11NO2.Na.H/c1-2-3-6-10-7(9)4-5-8;;/h2-4,6H2,1H3;;. The number of rotatable bonds is 4.